The summed E-state index contributed by atoms with van der Waals surface area (Å²) < 4.78 is 27.3. The molecule has 0 saturated heterocycles. The SMILES string of the molecule is CCOC(=O)/C=C(/Nc1ccc(-c2cnco2)c(OC)c1)c1cccc(OCc2ccc(OC)cc2)c1. The fourth-order valence-electron chi connectivity index (χ4n) is 3.61. The Kier molecular flexibility index (Phi) is 8.44. The number of rotatable bonds is 11. The van der Waals surface area contributed by atoms with Gasteiger partial charge in [0.1, 0.15) is 23.9 Å². The van der Waals surface area contributed by atoms with Crippen LogP contribution in [-0.4, -0.2) is 31.8 Å². The molecule has 1 N–H and O–H groups in total. The van der Waals surface area contributed by atoms with Crippen LogP contribution in [0, 0.1) is 0 Å². The van der Waals surface area contributed by atoms with Crippen LogP contribution in [-0.2, 0) is 16.1 Å². The fraction of sp³-hybridized carbons (Fsp3) is 0.172. The minimum atomic E-state index is -0.459. The molecule has 0 bridgehead atoms. The van der Waals surface area contributed by atoms with E-state index in [9.17, 15) is 4.79 Å². The van der Waals surface area contributed by atoms with Crippen LogP contribution in [0.15, 0.2) is 89.8 Å². The molecule has 1 heterocycles. The molecule has 0 saturated carbocycles. The second-order valence-electron chi connectivity index (χ2n) is 7.88. The van der Waals surface area contributed by atoms with E-state index in [-0.39, 0.29) is 6.61 Å². The average Bonchev–Trinajstić information content (AvgIpc) is 3.47. The third-order valence-corrected chi connectivity index (χ3v) is 5.44. The molecular formula is C29H28N2O6. The molecule has 0 fully saturated rings. The van der Waals surface area contributed by atoms with Gasteiger partial charge < -0.3 is 28.7 Å². The van der Waals surface area contributed by atoms with E-state index in [1.165, 1.54) is 12.5 Å². The van der Waals surface area contributed by atoms with Crippen LogP contribution in [0.2, 0.25) is 0 Å². The number of ether oxygens (including phenoxy) is 4. The maximum Gasteiger partial charge on any atom is 0.332 e. The number of aromatic nitrogens is 1. The third-order valence-electron chi connectivity index (χ3n) is 5.44. The number of anilines is 1. The first kappa shape index (κ1) is 25.4. The van der Waals surface area contributed by atoms with Gasteiger partial charge in [-0.3, -0.25) is 0 Å². The van der Waals surface area contributed by atoms with Gasteiger partial charge in [-0.25, -0.2) is 9.78 Å². The summed E-state index contributed by atoms with van der Waals surface area (Å²) in [7, 11) is 3.21. The molecule has 1 aromatic heterocycles. The van der Waals surface area contributed by atoms with Crippen molar-refractivity contribution in [3.8, 4) is 28.6 Å². The normalized spacial score (nSPS) is 11.1. The predicted molar refractivity (Wildman–Crippen MR) is 140 cm³/mol. The minimum absolute atomic E-state index is 0.271. The van der Waals surface area contributed by atoms with Gasteiger partial charge >= 0.3 is 5.97 Å². The fourth-order valence-corrected chi connectivity index (χ4v) is 3.61. The van der Waals surface area contributed by atoms with Gasteiger partial charge in [0.05, 0.1) is 38.3 Å². The number of hydrogen-bond acceptors (Lipinski definition) is 8. The quantitative estimate of drug-likeness (QED) is 0.199. The van der Waals surface area contributed by atoms with E-state index in [1.54, 1.807) is 27.3 Å². The molecule has 0 aliphatic heterocycles. The summed E-state index contributed by atoms with van der Waals surface area (Å²) in [6.07, 6.45) is 4.40. The molecule has 0 unspecified atom stereocenters. The topological polar surface area (TPSA) is 92.1 Å². The Morgan fingerprint density at radius 3 is 2.54 bits per heavy atom. The van der Waals surface area contributed by atoms with Crippen LogP contribution < -0.4 is 19.5 Å². The van der Waals surface area contributed by atoms with E-state index < -0.39 is 5.97 Å². The lowest BCUT2D eigenvalue weighted by atomic mass is 10.1. The van der Waals surface area contributed by atoms with Crippen molar-refractivity contribution in [1.82, 2.24) is 4.98 Å². The Morgan fingerprint density at radius 2 is 1.84 bits per heavy atom. The summed E-state index contributed by atoms with van der Waals surface area (Å²) in [6.45, 7) is 2.42. The van der Waals surface area contributed by atoms with Gasteiger partial charge in [0.15, 0.2) is 12.2 Å². The van der Waals surface area contributed by atoms with E-state index >= 15 is 0 Å². The second-order valence-corrected chi connectivity index (χ2v) is 7.88. The summed E-state index contributed by atoms with van der Waals surface area (Å²) in [6, 6.07) is 20.7. The molecule has 0 radical (unpaired) electrons. The van der Waals surface area contributed by atoms with Gasteiger partial charge in [-0.1, -0.05) is 24.3 Å². The molecule has 190 valence electrons. The minimum Gasteiger partial charge on any atom is -0.497 e. The summed E-state index contributed by atoms with van der Waals surface area (Å²) in [5.41, 5.74) is 3.77. The molecule has 8 heteroatoms. The van der Waals surface area contributed by atoms with E-state index in [2.05, 4.69) is 10.3 Å². The lowest BCUT2D eigenvalue weighted by molar-refractivity contribution is -0.137. The summed E-state index contributed by atoms with van der Waals surface area (Å²) >= 11 is 0. The maximum atomic E-state index is 12.4. The van der Waals surface area contributed by atoms with Crippen molar-refractivity contribution in [2.24, 2.45) is 0 Å². The maximum absolute atomic E-state index is 12.4. The number of esters is 1. The Hall–Kier alpha value is -4.72. The molecule has 37 heavy (non-hydrogen) atoms. The van der Waals surface area contributed by atoms with Crippen LogP contribution >= 0.6 is 0 Å². The Morgan fingerprint density at radius 1 is 1.00 bits per heavy atom. The lowest BCUT2D eigenvalue weighted by Crippen LogP contribution is -2.06. The smallest absolute Gasteiger partial charge is 0.332 e. The summed E-state index contributed by atoms with van der Waals surface area (Å²) in [5, 5.41) is 3.31. The van der Waals surface area contributed by atoms with Gasteiger partial charge in [-0.15, -0.1) is 0 Å². The monoisotopic (exact) mass is 500 g/mol. The molecule has 4 rings (SSSR count). The molecule has 8 nitrogen and oxygen atoms in total. The zero-order valence-electron chi connectivity index (χ0n) is 20.9. The number of nitrogens with one attached hydrogen (secondary N) is 1. The molecule has 0 aliphatic carbocycles. The largest absolute Gasteiger partial charge is 0.497 e. The third kappa shape index (κ3) is 6.70. The van der Waals surface area contributed by atoms with Crippen molar-refractivity contribution >= 4 is 17.4 Å². The number of methoxy groups -OCH3 is 2. The molecular weight excluding hydrogens is 472 g/mol. The Bertz CT molecular complexity index is 1350. The van der Waals surface area contributed by atoms with Gasteiger partial charge in [-0.05, 0) is 48.9 Å². The zero-order chi connectivity index (χ0) is 26.0. The summed E-state index contributed by atoms with van der Waals surface area (Å²) in [5.74, 6) is 2.17. The average molecular weight is 501 g/mol. The number of oxazole rings is 1. The van der Waals surface area contributed by atoms with Crippen molar-refractivity contribution in [2.75, 3.05) is 26.1 Å². The number of hydrogen-bond donors (Lipinski definition) is 1. The first-order chi connectivity index (χ1) is 18.1. The molecule has 0 atom stereocenters. The van der Waals surface area contributed by atoms with Crippen molar-refractivity contribution in [2.45, 2.75) is 13.5 Å². The lowest BCUT2D eigenvalue weighted by Gasteiger charge is -2.15. The van der Waals surface area contributed by atoms with E-state index in [1.807, 2.05) is 66.7 Å². The number of carbonyl (C=O) groups is 1. The highest BCUT2D eigenvalue weighted by atomic mass is 16.5. The molecule has 4 aromatic rings. The molecule has 3 aromatic carbocycles. The van der Waals surface area contributed by atoms with Crippen molar-refractivity contribution in [3.63, 3.8) is 0 Å². The van der Waals surface area contributed by atoms with Crippen LogP contribution in [0.4, 0.5) is 5.69 Å². The van der Waals surface area contributed by atoms with Gasteiger partial charge in [0.25, 0.3) is 0 Å². The number of carbonyl (C=O) groups excluding carboxylic acids is 1. The first-order valence-corrected chi connectivity index (χ1v) is 11.7. The highest BCUT2D eigenvalue weighted by Crippen LogP contribution is 2.33. The van der Waals surface area contributed by atoms with Crippen LogP contribution in [0.1, 0.15) is 18.1 Å². The zero-order valence-corrected chi connectivity index (χ0v) is 20.9. The Labute approximate surface area is 215 Å². The summed E-state index contributed by atoms with van der Waals surface area (Å²) in [4.78, 5) is 16.3. The first-order valence-electron chi connectivity index (χ1n) is 11.7. The van der Waals surface area contributed by atoms with Crippen molar-refractivity contribution in [3.05, 3.63) is 96.5 Å². The van der Waals surface area contributed by atoms with Crippen LogP contribution in [0.3, 0.4) is 0 Å². The van der Waals surface area contributed by atoms with Crippen molar-refractivity contribution < 1.29 is 28.2 Å². The van der Waals surface area contributed by atoms with Gasteiger partial charge in [0.2, 0.25) is 0 Å². The van der Waals surface area contributed by atoms with Crippen molar-refractivity contribution in [1.29, 1.82) is 0 Å². The molecule has 0 amide bonds. The predicted octanol–water partition coefficient (Wildman–Crippen LogP) is 5.95. The van der Waals surface area contributed by atoms with Gasteiger partial charge in [0, 0.05) is 23.4 Å². The second kappa shape index (κ2) is 12.3. The van der Waals surface area contributed by atoms with E-state index in [4.69, 9.17) is 23.4 Å². The Balaban J connectivity index is 1.57. The highest BCUT2D eigenvalue weighted by molar-refractivity contribution is 5.94. The van der Waals surface area contributed by atoms with E-state index in [0.717, 1.165) is 22.4 Å². The number of nitrogens with zero attached hydrogens (tertiary/aromatic N) is 1. The highest BCUT2D eigenvalue weighted by Gasteiger charge is 2.13. The van der Waals surface area contributed by atoms with Gasteiger partial charge in [-0.2, -0.15) is 0 Å². The standard InChI is InChI=1S/C29H28N2O6/c1-4-35-29(32)16-26(31-22-10-13-25(27(15-22)34-3)28-17-30-19-37-28)21-6-5-7-24(14-21)36-18-20-8-11-23(33-2)12-9-20/h5-17,19,31H,4,18H2,1-3H3/b26-16+. The molecule has 0 aliphatic rings. The van der Waals surface area contributed by atoms with Crippen LogP contribution in [0.5, 0.6) is 17.2 Å². The number of benzene rings is 3. The molecule has 0 spiro atoms. The van der Waals surface area contributed by atoms with E-state index in [0.29, 0.717) is 35.3 Å². The van der Waals surface area contributed by atoms with Crippen LogP contribution in [0.25, 0.3) is 17.0 Å².